The molecule has 0 aromatic carbocycles. The van der Waals surface area contributed by atoms with Gasteiger partial charge in [-0.15, -0.1) is 0 Å². The molecule has 0 aromatic heterocycles. The van der Waals surface area contributed by atoms with Crippen molar-refractivity contribution in [1.82, 2.24) is 4.90 Å². The van der Waals surface area contributed by atoms with Crippen LogP contribution in [-0.4, -0.2) is 45.0 Å². The molecule has 0 N–H and O–H groups in total. The summed E-state index contributed by atoms with van der Waals surface area (Å²) in [5.41, 5.74) is 0. The minimum atomic E-state index is -0.0474. The fourth-order valence-electron chi connectivity index (χ4n) is 2.94. The van der Waals surface area contributed by atoms with Crippen molar-refractivity contribution in [3.63, 3.8) is 0 Å². The molecule has 3 heteroatoms. The molecular formula is C11H21NO2. The van der Waals surface area contributed by atoms with Crippen LogP contribution < -0.4 is 0 Å². The summed E-state index contributed by atoms with van der Waals surface area (Å²) < 4.78 is 10.4. The number of hydrogen-bond acceptors (Lipinski definition) is 3. The first-order chi connectivity index (χ1) is 6.83. The second-order valence-corrected chi connectivity index (χ2v) is 4.57. The predicted molar refractivity (Wildman–Crippen MR) is 55.1 cm³/mol. The SMILES string of the molecule is COC(CN1CC2CCCC2C1)OC. The van der Waals surface area contributed by atoms with E-state index < -0.39 is 0 Å². The zero-order chi connectivity index (χ0) is 9.97. The van der Waals surface area contributed by atoms with Gasteiger partial charge in [-0.05, 0) is 24.7 Å². The third kappa shape index (κ3) is 2.10. The van der Waals surface area contributed by atoms with Crippen LogP contribution in [0.2, 0.25) is 0 Å². The fraction of sp³-hybridized carbons (Fsp3) is 1.00. The lowest BCUT2D eigenvalue weighted by atomic mass is 10.0. The van der Waals surface area contributed by atoms with Gasteiger partial charge in [0.25, 0.3) is 0 Å². The van der Waals surface area contributed by atoms with Crippen molar-refractivity contribution in [3.8, 4) is 0 Å². The zero-order valence-electron chi connectivity index (χ0n) is 9.24. The Kier molecular flexibility index (Phi) is 3.42. The number of methoxy groups -OCH3 is 2. The van der Waals surface area contributed by atoms with Gasteiger partial charge in [0.2, 0.25) is 0 Å². The Morgan fingerprint density at radius 2 is 1.71 bits per heavy atom. The monoisotopic (exact) mass is 199 g/mol. The molecule has 0 aromatic rings. The van der Waals surface area contributed by atoms with Crippen molar-refractivity contribution in [2.45, 2.75) is 25.6 Å². The minimum Gasteiger partial charge on any atom is -0.355 e. The molecule has 2 aliphatic rings. The van der Waals surface area contributed by atoms with Crippen LogP contribution in [0.25, 0.3) is 0 Å². The van der Waals surface area contributed by atoms with Crippen LogP contribution in [0.1, 0.15) is 19.3 Å². The molecule has 2 rings (SSSR count). The Bertz CT molecular complexity index is 170. The second-order valence-electron chi connectivity index (χ2n) is 4.57. The molecule has 14 heavy (non-hydrogen) atoms. The smallest absolute Gasteiger partial charge is 0.169 e. The van der Waals surface area contributed by atoms with E-state index in [1.807, 2.05) is 0 Å². The molecular weight excluding hydrogens is 178 g/mol. The Morgan fingerprint density at radius 3 is 2.21 bits per heavy atom. The van der Waals surface area contributed by atoms with Crippen molar-refractivity contribution in [3.05, 3.63) is 0 Å². The van der Waals surface area contributed by atoms with Gasteiger partial charge in [0.15, 0.2) is 6.29 Å². The number of rotatable bonds is 4. The van der Waals surface area contributed by atoms with Gasteiger partial charge in [-0.3, -0.25) is 4.90 Å². The molecule has 3 nitrogen and oxygen atoms in total. The number of likely N-dealkylation sites (tertiary alicyclic amines) is 1. The molecule has 1 heterocycles. The molecule has 1 saturated heterocycles. The first kappa shape index (κ1) is 10.4. The van der Waals surface area contributed by atoms with Gasteiger partial charge in [-0.2, -0.15) is 0 Å². The highest BCUT2D eigenvalue weighted by atomic mass is 16.7. The lowest BCUT2D eigenvalue weighted by molar-refractivity contribution is -0.114. The van der Waals surface area contributed by atoms with Gasteiger partial charge in [0, 0.05) is 33.9 Å². The molecule has 2 fully saturated rings. The van der Waals surface area contributed by atoms with Crippen molar-refractivity contribution in [1.29, 1.82) is 0 Å². The normalized spacial score (nSPS) is 32.8. The fourth-order valence-corrected chi connectivity index (χ4v) is 2.94. The molecule has 1 aliphatic heterocycles. The van der Waals surface area contributed by atoms with Crippen molar-refractivity contribution < 1.29 is 9.47 Å². The average molecular weight is 199 g/mol. The predicted octanol–water partition coefficient (Wildman–Crippen LogP) is 1.34. The molecule has 0 amide bonds. The van der Waals surface area contributed by atoms with Crippen LogP contribution >= 0.6 is 0 Å². The molecule has 2 unspecified atom stereocenters. The molecule has 0 spiro atoms. The second kappa shape index (κ2) is 4.60. The van der Waals surface area contributed by atoms with Gasteiger partial charge in [-0.1, -0.05) is 6.42 Å². The number of ether oxygens (including phenoxy) is 2. The summed E-state index contributed by atoms with van der Waals surface area (Å²) in [7, 11) is 3.43. The van der Waals surface area contributed by atoms with E-state index in [4.69, 9.17) is 9.47 Å². The number of fused-ring (bicyclic) bond motifs is 1. The number of hydrogen-bond donors (Lipinski definition) is 0. The topological polar surface area (TPSA) is 21.7 Å². The highest BCUT2D eigenvalue weighted by Crippen LogP contribution is 2.37. The van der Waals surface area contributed by atoms with E-state index in [0.29, 0.717) is 0 Å². The quantitative estimate of drug-likeness (QED) is 0.638. The van der Waals surface area contributed by atoms with E-state index in [9.17, 15) is 0 Å². The van der Waals surface area contributed by atoms with Crippen molar-refractivity contribution in [2.24, 2.45) is 11.8 Å². The van der Waals surface area contributed by atoms with E-state index >= 15 is 0 Å². The summed E-state index contributed by atoms with van der Waals surface area (Å²) in [6, 6.07) is 0. The van der Waals surface area contributed by atoms with E-state index in [0.717, 1.165) is 18.4 Å². The van der Waals surface area contributed by atoms with Crippen LogP contribution in [0.3, 0.4) is 0 Å². The summed E-state index contributed by atoms with van der Waals surface area (Å²) in [4.78, 5) is 2.49. The van der Waals surface area contributed by atoms with E-state index in [-0.39, 0.29) is 6.29 Å². The highest BCUT2D eigenvalue weighted by molar-refractivity contribution is 4.88. The van der Waals surface area contributed by atoms with E-state index in [2.05, 4.69) is 4.90 Å². The van der Waals surface area contributed by atoms with Gasteiger partial charge in [0.05, 0.1) is 0 Å². The molecule has 2 atom stereocenters. The van der Waals surface area contributed by atoms with Crippen LogP contribution in [-0.2, 0) is 9.47 Å². The summed E-state index contributed by atoms with van der Waals surface area (Å²) in [6.07, 6.45) is 4.27. The van der Waals surface area contributed by atoms with E-state index in [1.54, 1.807) is 14.2 Å². The number of nitrogens with zero attached hydrogens (tertiary/aromatic N) is 1. The first-order valence-electron chi connectivity index (χ1n) is 5.61. The Labute approximate surface area is 86.4 Å². The Balaban J connectivity index is 1.78. The van der Waals surface area contributed by atoms with Gasteiger partial charge in [0.1, 0.15) is 0 Å². The maximum Gasteiger partial charge on any atom is 0.169 e. The van der Waals surface area contributed by atoms with Crippen LogP contribution in [0, 0.1) is 11.8 Å². The van der Waals surface area contributed by atoms with Crippen LogP contribution in [0.4, 0.5) is 0 Å². The summed E-state index contributed by atoms with van der Waals surface area (Å²) in [5.74, 6) is 1.92. The van der Waals surface area contributed by atoms with Crippen molar-refractivity contribution >= 4 is 0 Å². The summed E-state index contributed by atoms with van der Waals surface area (Å²) in [5, 5.41) is 0. The summed E-state index contributed by atoms with van der Waals surface area (Å²) >= 11 is 0. The van der Waals surface area contributed by atoms with E-state index in [1.165, 1.54) is 32.4 Å². The van der Waals surface area contributed by atoms with Gasteiger partial charge in [-0.25, -0.2) is 0 Å². The van der Waals surface area contributed by atoms with Crippen molar-refractivity contribution in [2.75, 3.05) is 33.9 Å². The Hall–Kier alpha value is -0.120. The lowest BCUT2D eigenvalue weighted by Gasteiger charge is -2.22. The lowest BCUT2D eigenvalue weighted by Crippen LogP contribution is -2.33. The first-order valence-corrected chi connectivity index (χ1v) is 5.61. The molecule has 1 aliphatic carbocycles. The standard InChI is InChI=1S/C11H21NO2/c1-13-11(14-2)8-12-6-9-4-3-5-10(9)7-12/h9-11H,3-8H2,1-2H3. The minimum absolute atomic E-state index is 0.0474. The maximum atomic E-state index is 5.22. The average Bonchev–Trinajstić information content (AvgIpc) is 2.73. The third-order valence-electron chi connectivity index (χ3n) is 3.73. The summed E-state index contributed by atoms with van der Waals surface area (Å²) in [6.45, 7) is 3.45. The van der Waals surface area contributed by atoms with Crippen LogP contribution in [0.5, 0.6) is 0 Å². The van der Waals surface area contributed by atoms with Crippen LogP contribution in [0.15, 0.2) is 0 Å². The zero-order valence-corrected chi connectivity index (χ0v) is 9.24. The Morgan fingerprint density at radius 1 is 1.14 bits per heavy atom. The molecule has 0 bridgehead atoms. The highest BCUT2D eigenvalue weighted by Gasteiger charge is 2.36. The molecule has 1 saturated carbocycles. The van der Waals surface area contributed by atoms with Gasteiger partial charge < -0.3 is 9.47 Å². The molecule has 82 valence electrons. The maximum absolute atomic E-state index is 5.22. The van der Waals surface area contributed by atoms with Gasteiger partial charge >= 0.3 is 0 Å². The third-order valence-corrected chi connectivity index (χ3v) is 3.73. The molecule has 0 radical (unpaired) electrons. The largest absolute Gasteiger partial charge is 0.355 e.